The number of nitrogens with zero attached hydrogens (tertiary/aromatic N) is 2. The van der Waals surface area contributed by atoms with Gasteiger partial charge in [-0.2, -0.15) is 0 Å². The minimum atomic E-state index is 0.204. The minimum Gasteiger partial charge on any atom is -0.353 e. The number of halogens is 1. The van der Waals surface area contributed by atoms with Crippen LogP contribution in [0.2, 0.25) is 0 Å². The SMILES string of the molecule is O=C(CCCCl)NC1C2CCC1CC(N1CCN(Cc3ccccc3)CC1)C2. The normalized spacial score (nSPS) is 31.0. The molecule has 2 unspecified atom stereocenters. The maximum absolute atomic E-state index is 12.2. The molecule has 0 aromatic heterocycles. The van der Waals surface area contributed by atoms with Crippen LogP contribution in [-0.4, -0.2) is 59.8 Å². The molecule has 1 heterocycles. The summed E-state index contributed by atoms with van der Waals surface area (Å²) in [5, 5.41) is 3.35. The number of nitrogens with one attached hydrogen (secondary N) is 1. The highest BCUT2D eigenvalue weighted by atomic mass is 35.5. The Labute approximate surface area is 174 Å². The molecule has 2 atom stereocenters. The summed E-state index contributed by atoms with van der Waals surface area (Å²) < 4.78 is 0. The van der Waals surface area contributed by atoms with Crippen molar-refractivity contribution in [1.82, 2.24) is 15.1 Å². The third-order valence-corrected chi connectivity index (χ3v) is 7.38. The number of alkyl halides is 1. The van der Waals surface area contributed by atoms with E-state index in [0.717, 1.165) is 13.0 Å². The predicted octanol–water partition coefficient (Wildman–Crippen LogP) is 3.50. The number of hydrogen-bond donors (Lipinski definition) is 1. The molecular formula is C23H34ClN3O. The van der Waals surface area contributed by atoms with E-state index in [0.29, 0.717) is 36.2 Å². The van der Waals surface area contributed by atoms with Crippen molar-refractivity contribution in [3.63, 3.8) is 0 Å². The summed E-state index contributed by atoms with van der Waals surface area (Å²) in [6, 6.07) is 11.9. The van der Waals surface area contributed by atoms with Crippen molar-refractivity contribution in [3.8, 4) is 0 Å². The van der Waals surface area contributed by atoms with Gasteiger partial charge >= 0.3 is 0 Å². The van der Waals surface area contributed by atoms with Crippen LogP contribution in [0.15, 0.2) is 30.3 Å². The predicted molar refractivity (Wildman–Crippen MR) is 114 cm³/mol. The van der Waals surface area contributed by atoms with Crippen molar-refractivity contribution < 1.29 is 4.79 Å². The highest BCUT2D eigenvalue weighted by Gasteiger charge is 2.44. The molecule has 2 aliphatic carbocycles. The van der Waals surface area contributed by atoms with Crippen molar-refractivity contribution in [2.75, 3.05) is 32.1 Å². The number of rotatable bonds is 7. The van der Waals surface area contributed by atoms with Gasteiger partial charge in [-0.05, 0) is 49.5 Å². The highest BCUT2D eigenvalue weighted by molar-refractivity contribution is 6.17. The molecular weight excluding hydrogens is 370 g/mol. The molecule has 154 valence electrons. The number of amides is 1. The number of piperazine rings is 1. The zero-order valence-corrected chi connectivity index (χ0v) is 17.6. The summed E-state index contributed by atoms with van der Waals surface area (Å²) >= 11 is 5.73. The molecule has 3 aliphatic rings. The Hall–Kier alpha value is -1.10. The molecule has 2 bridgehead atoms. The first kappa shape index (κ1) is 20.2. The lowest BCUT2D eigenvalue weighted by molar-refractivity contribution is -0.122. The summed E-state index contributed by atoms with van der Waals surface area (Å²) in [4.78, 5) is 17.5. The highest BCUT2D eigenvalue weighted by Crippen LogP contribution is 2.44. The summed E-state index contributed by atoms with van der Waals surface area (Å²) in [7, 11) is 0. The lowest BCUT2D eigenvalue weighted by atomic mass is 9.80. The lowest BCUT2D eigenvalue weighted by Gasteiger charge is -2.44. The molecule has 4 nitrogen and oxygen atoms in total. The van der Waals surface area contributed by atoms with E-state index in [1.807, 2.05) is 0 Å². The van der Waals surface area contributed by atoms with Gasteiger partial charge in [0.2, 0.25) is 5.91 Å². The van der Waals surface area contributed by atoms with Gasteiger partial charge in [0, 0.05) is 57.1 Å². The van der Waals surface area contributed by atoms with Crippen molar-refractivity contribution >= 4 is 17.5 Å². The average Bonchev–Trinajstić information content (AvgIpc) is 2.95. The van der Waals surface area contributed by atoms with Crippen molar-refractivity contribution in [1.29, 1.82) is 0 Å². The summed E-state index contributed by atoms with van der Waals surface area (Å²) in [6.45, 7) is 5.77. The van der Waals surface area contributed by atoms with Crippen LogP contribution in [-0.2, 0) is 11.3 Å². The first-order valence-electron chi connectivity index (χ1n) is 11.1. The zero-order chi connectivity index (χ0) is 19.3. The van der Waals surface area contributed by atoms with Crippen molar-refractivity contribution in [2.24, 2.45) is 11.8 Å². The molecule has 2 saturated carbocycles. The fourth-order valence-electron chi connectivity index (χ4n) is 5.64. The third kappa shape index (κ3) is 4.90. The monoisotopic (exact) mass is 403 g/mol. The molecule has 1 aromatic rings. The van der Waals surface area contributed by atoms with Crippen molar-refractivity contribution in [2.45, 2.75) is 57.2 Å². The van der Waals surface area contributed by atoms with E-state index in [1.165, 1.54) is 57.4 Å². The van der Waals surface area contributed by atoms with Crippen LogP contribution in [0.5, 0.6) is 0 Å². The van der Waals surface area contributed by atoms with E-state index in [1.54, 1.807) is 0 Å². The smallest absolute Gasteiger partial charge is 0.220 e. The number of hydrogen-bond acceptors (Lipinski definition) is 3. The molecule has 0 spiro atoms. The van der Waals surface area contributed by atoms with E-state index in [4.69, 9.17) is 11.6 Å². The van der Waals surface area contributed by atoms with E-state index < -0.39 is 0 Å². The molecule has 3 fully saturated rings. The topological polar surface area (TPSA) is 35.6 Å². The summed E-state index contributed by atoms with van der Waals surface area (Å²) in [5.41, 5.74) is 1.42. The molecule has 1 aromatic carbocycles. The Morgan fingerprint density at radius 3 is 2.36 bits per heavy atom. The zero-order valence-electron chi connectivity index (χ0n) is 16.9. The molecule has 1 aliphatic heterocycles. The fraction of sp³-hybridized carbons (Fsp3) is 0.696. The fourth-order valence-corrected chi connectivity index (χ4v) is 5.78. The third-order valence-electron chi connectivity index (χ3n) is 7.11. The summed E-state index contributed by atoms with van der Waals surface area (Å²) in [5.74, 6) is 2.12. The minimum absolute atomic E-state index is 0.204. The summed E-state index contributed by atoms with van der Waals surface area (Å²) in [6.07, 6.45) is 6.45. The Balaban J connectivity index is 1.24. The van der Waals surface area contributed by atoms with Gasteiger partial charge in [-0.1, -0.05) is 30.3 Å². The Kier molecular flexibility index (Phi) is 6.92. The van der Waals surface area contributed by atoms with Gasteiger partial charge in [0.1, 0.15) is 0 Å². The number of carbonyl (C=O) groups excluding carboxylic acids is 1. The Bertz CT molecular complexity index is 618. The van der Waals surface area contributed by atoms with E-state index >= 15 is 0 Å². The van der Waals surface area contributed by atoms with Crippen molar-refractivity contribution in [3.05, 3.63) is 35.9 Å². The van der Waals surface area contributed by atoms with E-state index in [-0.39, 0.29) is 5.91 Å². The maximum atomic E-state index is 12.2. The van der Waals surface area contributed by atoms with Gasteiger partial charge in [0.05, 0.1) is 0 Å². The molecule has 1 saturated heterocycles. The maximum Gasteiger partial charge on any atom is 0.220 e. The Morgan fingerprint density at radius 2 is 1.71 bits per heavy atom. The molecule has 4 rings (SSSR count). The van der Waals surface area contributed by atoms with Gasteiger partial charge in [0.15, 0.2) is 0 Å². The Morgan fingerprint density at radius 1 is 1.04 bits per heavy atom. The second kappa shape index (κ2) is 9.60. The quantitative estimate of drug-likeness (QED) is 0.708. The number of benzene rings is 1. The molecule has 5 heteroatoms. The van der Waals surface area contributed by atoms with Gasteiger partial charge < -0.3 is 5.32 Å². The molecule has 0 radical (unpaired) electrons. The van der Waals surface area contributed by atoms with Crippen LogP contribution in [0, 0.1) is 11.8 Å². The number of fused-ring (bicyclic) bond motifs is 2. The second-order valence-electron chi connectivity index (χ2n) is 8.91. The van der Waals surface area contributed by atoms with Crippen LogP contribution >= 0.6 is 11.6 Å². The first-order chi connectivity index (χ1) is 13.7. The van der Waals surface area contributed by atoms with E-state index in [9.17, 15) is 4.79 Å². The standard InChI is InChI=1S/C23H34ClN3O/c24-10-4-7-22(28)25-23-19-8-9-20(23)16-21(15-19)27-13-11-26(12-14-27)17-18-5-2-1-3-6-18/h1-3,5-6,19-21,23H,4,7-17H2,(H,25,28). The largest absolute Gasteiger partial charge is 0.353 e. The first-order valence-corrected chi connectivity index (χ1v) is 11.6. The van der Waals surface area contributed by atoms with E-state index in [2.05, 4.69) is 45.4 Å². The lowest BCUT2D eigenvalue weighted by Crippen LogP contribution is -2.54. The molecule has 28 heavy (non-hydrogen) atoms. The van der Waals surface area contributed by atoms with Crippen LogP contribution < -0.4 is 5.32 Å². The van der Waals surface area contributed by atoms with Crippen LogP contribution in [0.25, 0.3) is 0 Å². The van der Waals surface area contributed by atoms with Gasteiger partial charge in [-0.3, -0.25) is 14.6 Å². The molecule has 1 N–H and O–H groups in total. The number of carbonyl (C=O) groups is 1. The van der Waals surface area contributed by atoms with Crippen LogP contribution in [0.3, 0.4) is 0 Å². The average molecular weight is 404 g/mol. The van der Waals surface area contributed by atoms with Gasteiger partial charge in [-0.25, -0.2) is 0 Å². The second-order valence-corrected chi connectivity index (χ2v) is 9.28. The van der Waals surface area contributed by atoms with Gasteiger partial charge in [0.25, 0.3) is 0 Å². The van der Waals surface area contributed by atoms with Crippen LogP contribution in [0.4, 0.5) is 0 Å². The van der Waals surface area contributed by atoms with Gasteiger partial charge in [-0.15, -0.1) is 11.6 Å². The molecule has 1 amide bonds. The van der Waals surface area contributed by atoms with Crippen LogP contribution in [0.1, 0.15) is 44.1 Å².